The van der Waals surface area contributed by atoms with E-state index in [9.17, 15) is 9.59 Å². The van der Waals surface area contributed by atoms with Crippen LogP contribution < -0.4 is 15.4 Å². The number of carbonyl (C=O) groups excluding carboxylic acids is 2. The molecule has 1 aliphatic heterocycles. The highest BCUT2D eigenvalue weighted by atomic mass is 16.5. The van der Waals surface area contributed by atoms with Crippen LogP contribution in [0.5, 0.6) is 5.75 Å². The molecule has 23 heavy (non-hydrogen) atoms. The van der Waals surface area contributed by atoms with Crippen molar-refractivity contribution in [2.75, 3.05) is 17.2 Å². The maximum Gasteiger partial charge on any atom is 0.246 e. The summed E-state index contributed by atoms with van der Waals surface area (Å²) in [7, 11) is 0. The summed E-state index contributed by atoms with van der Waals surface area (Å²) in [5, 5.41) is 13.0. The number of benzene rings is 1. The fourth-order valence-electron chi connectivity index (χ4n) is 2.28. The third kappa shape index (κ3) is 3.65. The molecule has 1 aromatic heterocycles. The van der Waals surface area contributed by atoms with Gasteiger partial charge in [0.05, 0.1) is 12.8 Å². The van der Waals surface area contributed by atoms with Gasteiger partial charge >= 0.3 is 0 Å². The van der Waals surface area contributed by atoms with Crippen molar-refractivity contribution in [1.82, 2.24) is 15.0 Å². The van der Waals surface area contributed by atoms with Gasteiger partial charge in [0.25, 0.3) is 0 Å². The minimum Gasteiger partial charge on any atom is -0.493 e. The van der Waals surface area contributed by atoms with Crippen molar-refractivity contribution in [3.8, 4) is 5.75 Å². The molecule has 2 heterocycles. The Morgan fingerprint density at radius 3 is 3.00 bits per heavy atom. The highest BCUT2D eigenvalue weighted by Gasteiger charge is 2.13. The standard InChI is InChI=1S/C15H17N5O3/c1-2-14(21)17-13-8-20(19-18-13)9-15(22)16-11-3-4-12-10(7-11)5-6-23-12/h3-4,7-8H,2,5-6,9H2,1H3,(H,16,22)(H,17,21). The highest BCUT2D eigenvalue weighted by Crippen LogP contribution is 2.27. The fourth-order valence-corrected chi connectivity index (χ4v) is 2.28. The molecule has 0 radical (unpaired) electrons. The lowest BCUT2D eigenvalue weighted by atomic mass is 10.1. The van der Waals surface area contributed by atoms with Crippen molar-refractivity contribution in [1.29, 1.82) is 0 Å². The molecule has 8 heteroatoms. The zero-order valence-electron chi connectivity index (χ0n) is 12.7. The molecule has 0 fully saturated rings. The number of fused-ring (bicyclic) bond motifs is 1. The number of ether oxygens (including phenoxy) is 1. The molecule has 0 aliphatic carbocycles. The molecule has 120 valence electrons. The van der Waals surface area contributed by atoms with E-state index in [4.69, 9.17) is 4.74 Å². The van der Waals surface area contributed by atoms with Crippen LogP contribution in [0.25, 0.3) is 0 Å². The molecule has 8 nitrogen and oxygen atoms in total. The average molecular weight is 315 g/mol. The van der Waals surface area contributed by atoms with Crippen molar-refractivity contribution >= 4 is 23.3 Å². The number of aromatic nitrogens is 3. The summed E-state index contributed by atoms with van der Waals surface area (Å²) in [6, 6.07) is 5.57. The Hall–Kier alpha value is -2.90. The van der Waals surface area contributed by atoms with E-state index < -0.39 is 0 Å². The second-order valence-corrected chi connectivity index (χ2v) is 5.17. The van der Waals surface area contributed by atoms with Gasteiger partial charge in [0.15, 0.2) is 5.82 Å². The van der Waals surface area contributed by atoms with E-state index >= 15 is 0 Å². The summed E-state index contributed by atoms with van der Waals surface area (Å²) in [4.78, 5) is 23.3. The number of nitrogens with one attached hydrogen (secondary N) is 2. The lowest BCUT2D eigenvalue weighted by Crippen LogP contribution is -2.19. The lowest BCUT2D eigenvalue weighted by molar-refractivity contribution is -0.117. The summed E-state index contributed by atoms with van der Waals surface area (Å²) in [6.45, 7) is 2.44. The summed E-state index contributed by atoms with van der Waals surface area (Å²) in [5.41, 5.74) is 1.81. The number of carbonyl (C=O) groups is 2. The maximum atomic E-state index is 12.1. The van der Waals surface area contributed by atoms with Crippen molar-refractivity contribution in [3.63, 3.8) is 0 Å². The number of nitrogens with zero attached hydrogens (tertiary/aromatic N) is 3. The fraction of sp³-hybridized carbons (Fsp3) is 0.333. The number of hydrogen-bond donors (Lipinski definition) is 2. The molecule has 3 rings (SSSR count). The number of hydrogen-bond acceptors (Lipinski definition) is 5. The SMILES string of the molecule is CCC(=O)Nc1cn(CC(=O)Nc2ccc3c(c2)CCO3)nn1. The first kappa shape index (κ1) is 15.0. The van der Waals surface area contributed by atoms with Crippen molar-refractivity contribution < 1.29 is 14.3 Å². The Bertz CT molecular complexity index is 740. The minimum absolute atomic E-state index is 0.0164. The molecule has 0 atom stereocenters. The Morgan fingerprint density at radius 1 is 1.30 bits per heavy atom. The predicted octanol–water partition coefficient (Wildman–Crippen LogP) is 1.20. The van der Waals surface area contributed by atoms with E-state index in [1.54, 1.807) is 13.0 Å². The van der Waals surface area contributed by atoms with Crippen LogP contribution in [-0.4, -0.2) is 33.4 Å². The van der Waals surface area contributed by atoms with Crippen molar-refractivity contribution in [2.24, 2.45) is 0 Å². The molecule has 2 aromatic rings. The van der Waals surface area contributed by atoms with Gasteiger partial charge in [0.2, 0.25) is 11.8 Å². The summed E-state index contributed by atoms with van der Waals surface area (Å²) in [6.07, 6.45) is 2.72. The predicted molar refractivity (Wildman–Crippen MR) is 83.2 cm³/mol. The van der Waals surface area contributed by atoms with Crippen LogP contribution in [0, 0.1) is 0 Å². The second kappa shape index (κ2) is 6.47. The van der Waals surface area contributed by atoms with Gasteiger partial charge in [-0.25, -0.2) is 4.68 Å². The molecule has 1 aromatic carbocycles. The lowest BCUT2D eigenvalue weighted by Gasteiger charge is -2.06. The summed E-state index contributed by atoms with van der Waals surface area (Å²) in [5.74, 6) is 0.832. The Balaban J connectivity index is 1.58. The second-order valence-electron chi connectivity index (χ2n) is 5.17. The number of rotatable bonds is 5. The quantitative estimate of drug-likeness (QED) is 0.864. The van der Waals surface area contributed by atoms with Gasteiger partial charge in [0.1, 0.15) is 12.3 Å². The van der Waals surface area contributed by atoms with Crippen LogP contribution in [0.1, 0.15) is 18.9 Å². The van der Waals surface area contributed by atoms with E-state index in [2.05, 4.69) is 20.9 Å². The van der Waals surface area contributed by atoms with Gasteiger partial charge in [-0.3, -0.25) is 9.59 Å². The molecular weight excluding hydrogens is 298 g/mol. The molecule has 2 N–H and O–H groups in total. The van der Waals surface area contributed by atoms with E-state index in [1.807, 2.05) is 12.1 Å². The minimum atomic E-state index is -0.220. The topological polar surface area (TPSA) is 98.1 Å². The van der Waals surface area contributed by atoms with Crippen LogP contribution in [0.4, 0.5) is 11.5 Å². The van der Waals surface area contributed by atoms with E-state index in [1.165, 1.54) is 10.9 Å². The van der Waals surface area contributed by atoms with Crippen LogP contribution in [-0.2, 0) is 22.6 Å². The molecule has 0 spiro atoms. The molecule has 1 aliphatic rings. The van der Waals surface area contributed by atoms with Gasteiger partial charge in [-0.05, 0) is 23.8 Å². The zero-order valence-corrected chi connectivity index (χ0v) is 12.7. The Morgan fingerprint density at radius 2 is 2.17 bits per heavy atom. The first-order valence-corrected chi connectivity index (χ1v) is 7.39. The third-order valence-corrected chi connectivity index (χ3v) is 3.41. The van der Waals surface area contributed by atoms with Crippen LogP contribution in [0.15, 0.2) is 24.4 Å². The van der Waals surface area contributed by atoms with Crippen LogP contribution in [0.3, 0.4) is 0 Å². The normalized spacial score (nSPS) is 12.4. The van der Waals surface area contributed by atoms with Crippen LogP contribution >= 0.6 is 0 Å². The van der Waals surface area contributed by atoms with E-state index in [0.717, 1.165) is 23.4 Å². The first-order chi connectivity index (χ1) is 11.1. The summed E-state index contributed by atoms with van der Waals surface area (Å²) >= 11 is 0. The van der Waals surface area contributed by atoms with Crippen molar-refractivity contribution in [3.05, 3.63) is 30.0 Å². The average Bonchev–Trinajstić information content (AvgIpc) is 3.15. The molecule has 0 bridgehead atoms. The van der Waals surface area contributed by atoms with Crippen molar-refractivity contribution in [2.45, 2.75) is 26.3 Å². The first-order valence-electron chi connectivity index (χ1n) is 7.39. The molecule has 0 unspecified atom stereocenters. The van der Waals surface area contributed by atoms with E-state index in [0.29, 0.717) is 18.8 Å². The Kier molecular flexibility index (Phi) is 4.22. The third-order valence-electron chi connectivity index (χ3n) is 3.41. The van der Waals surface area contributed by atoms with Gasteiger partial charge in [-0.1, -0.05) is 12.1 Å². The van der Waals surface area contributed by atoms with Gasteiger partial charge < -0.3 is 15.4 Å². The molecule has 0 saturated heterocycles. The number of amides is 2. The monoisotopic (exact) mass is 315 g/mol. The Labute approximate surface area is 132 Å². The molecule has 0 saturated carbocycles. The smallest absolute Gasteiger partial charge is 0.246 e. The van der Waals surface area contributed by atoms with E-state index in [-0.39, 0.29) is 18.4 Å². The largest absolute Gasteiger partial charge is 0.493 e. The maximum absolute atomic E-state index is 12.1. The summed E-state index contributed by atoms with van der Waals surface area (Å²) < 4.78 is 6.80. The number of anilines is 2. The van der Waals surface area contributed by atoms with Gasteiger partial charge in [-0.2, -0.15) is 0 Å². The zero-order chi connectivity index (χ0) is 16.2. The molecule has 2 amide bonds. The van der Waals surface area contributed by atoms with Gasteiger partial charge in [0, 0.05) is 18.5 Å². The van der Waals surface area contributed by atoms with Gasteiger partial charge in [-0.15, -0.1) is 5.10 Å². The highest BCUT2D eigenvalue weighted by molar-refractivity contribution is 5.91. The molecular formula is C15H17N5O3. The van der Waals surface area contributed by atoms with Crippen LogP contribution in [0.2, 0.25) is 0 Å².